The van der Waals surface area contributed by atoms with Crippen LogP contribution in [0.3, 0.4) is 0 Å². The number of carbonyl (C=O) groups excluding carboxylic acids is 2. The Bertz CT molecular complexity index is 1390. The van der Waals surface area contributed by atoms with Gasteiger partial charge in [-0.15, -0.1) is 6.42 Å². The third-order valence-corrected chi connectivity index (χ3v) is 7.37. The molecule has 0 spiro atoms. The quantitative estimate of drug-likeness (QED) is 0.523. The summed E-state index contributed by atoms with van der Waals surface area (Å²) in [5.74, 6) is 3.20. The number of methoxy groups -OCH3 is 1. The van der Waals surface area contributed by atoms with Gasteiger partial charge in [0.25, 0.3) is 0 Å². The molecule has 2 aliphatic heterocycles. The number of rotatable bonds is 6. The van der Waals surface area contributed by atoms with Crippen molar-refractivity contribution >= 4 is 22.7 Å². The number of aromatic nitrogens is 1. The number of likely N-dealkylation sites (N-methyl/N-ethyl adjacent to an activating group) is 1. The second-order valence-electron chi connectivity index (χ2n) is 9.81. The number of aromatic hydroxyl groups is 1. The molecule has 0 saturated carbocycles. The molecule has 2 amide bonds. The van der Waals surface area contributed by atoms with Crippen LogP contribution in [0.25, 0.3) is 10.9 Å². The largest absolute Gasteiger partial charge is 0.508 e. The number of nitrogens with one attached hydrogen (secondary N) is 1. The monoisotopic (exact) mass is 486 g/mol. The second kappa shape index (κ2) is 8.92. The van der Waals surface area contributed by atoms with E-state index < -0.39 is 11.6 Å². The number of nitrogens with zero attached hydrogens (tertiary/aromatic N) is 3. The number of terminal acetylenes is 1. The predicted octanol–water partition coefficient (Wildman–Crippen LogP) is 2.52. The standard InChI is InChI=1S/C28H30N4O4/c1-5-11-30(3)12-13-31-17-24(34)32-26(18-7-6-8-19(33)14-18)25-22(16-28(32,2)27(31)35)21-15-20(36-4)9-10-23(21)29-25/h1,6-10,14-15,26,29,33H,11-13,16-17H2,2-4H3/t26-,28+/m1/s1. The second-order valence-corrected chi connectivity index (χ2v) is 9.81. The highest BCUT2D eigenvalue weighted by Crippen LogP contribution is 2.47. The average Bonchev–Trinajstić information content (AvgIpc) is 3.21. The summed E-state index contributed by atoms with van der Waals surface area (Å²) in [6.07, 6.45) is 5.78. The summed E-state index contributed by atoms with van der Waals surface area (Å²) < 4.78 is 5.47. The van der Waals surface area contributed by atoms with Gasteiger partial charge in [0.05, 0.1) is 26.2 Å². The molecular formula is C28H30N4O4. The number of hydrogen-bond acceptors (Lipinski definition) is 5. The summed E-state index contributed by atoms with van der Waals surface area (Å²) in [7, 11) is 3.52. The first-order valence-electron chi connectivity index (χ1n) is 12.0. The molecule has 36 heavy (non-hydrogen) atoms. The third-order valence-electron chi connectivity index (χ3n) is 7.37. The van der Waals surface area contributed by atoms with E-state index in [0.29, 0.717) is 26.1 Å². The van der Waals surface area contributed by atoms with Gasteiger partial charge in [0, 0.05) is 36.1 Å². The minimum Gasteiger partial charge on any atom is -0.508 e. The maximum atomic E-state index is 14.0. The smallest absolute Gasteiger partial charge is 0.249 e. The van der Waals surface area contributed by atoms with Crippen LogP contribution in [0.4, 0.5) is 0 Å². The number of carbonyl (C=O) groups is 2. The summed E-state index contributed by atoms with van der Waals surface area (Å²) in [6, 6.07) is 12.1. The molecule has 0 radical (unpaired) electrons. The van der Waals surface area contributed by atoms with Crippen molar-refractivity contribution in [3.63, 3.8) is 0 Å². The van der Waals surface area contributed by atoms with Crippen LogP contribution in [0.1, 0.15) is 29.8 Å². The number of hydrogen-bond donors (Lipinski definition) is 2. The molecule has 2 aliphatic rings. The van der Waals surface area contributed by atoms with Gasteiger partial charge in [-0.2, -0.15) is 0 Å². The molecule has 0 bridgehead atoms. The molecule has 2 N–H and O–H groups in total. The molecule has 8 nitrogen and oxygen atoms in total. The predicted molar refractivity (Wildman–Crippen MR) is 137 cm³/mol. The molecule has 3 aromatic rings. The van der Waals surface area contributed by atoms with Gasteiger partial charge in [-0.05, 0) is 55.4 Å². The van der Waals surface area contributed by atoms with Gasteiger partial charge >= 0.3 is 0 Å². The Morgan fingerprint density at radius 1 is 1.28 bits per heavy atom. The highest BCUT2D eigenvalue weighted by Gasteiger charge is 2.55. The zero-order valence-electron chi connectivity index (χ0n) is 20.7. The average molecular weight is 487 g/mol. The van der Waals surface area contributed by atoms with E-state index in [-0.39, 0.29) is 24.1 Å². The van der Waals surface area contributed by atoms with E-state index in [4.69, 9.17) is 11.2 Å². The molecule has 1 aromatic heterocycles. The van der Waals surface area contributed by atoms with Gasteiger partial charge in [-0.25, -0.2) is 0 Å². The lowest BCUT2D eigenvalue weighted by Crippen LogP contribution is -2.70. The van der Waals surface area contributed by atoms with Crippen molar-refractivity contribution in [1.82, 2.24) is 19.7 Å². The van der Waals surface area contributed by atoms with Gasteiger partial charge < -0.3 is 24.6 Å². The number of phenols is 1. The van der Waals surface area contributed by atoms with Crippen molar-refractivity contribution in [1.29, 1.82) is 0 Å². The van der Waals surface area contributed by atoms with E-state index in [2.05, 4.69) is 10.9 Å². The van der Waals surface area contributed by atoms with Crippen LogP contribution in [0, 0.1) is 12.3 Å². The van der Waals surface area contributed by atoms with Crippen LogP contribution in [0.5, 0.6) is 11.5 Å². The van der Waals surface area contributed by atoms with Crippen LogP contribution in [0.2, 0.25) is 0 Å². The van der Waals surface area contributed by atoms with Gasteiger partial charge in [-0.1, -0.05) is 18.1 Å². The Labute approximate surface area is 210 Å². The summed E-state index contributed by atoms with van der Waals surface area (Å²) >= 11 is 0. The summed E-state index contributed by atoms with van der Waals surface area (Å²) in [6.45, 7) is 3.31. The number of ether oxygens (including phenoxy) is 1. The number of aromatic amines is 1. The number of phenolic OH excluding ortho intramolecular Hbond substituents is 1. The topological polar surface area (TPSA) is 89.1 Å². The first kappa shape index (κ1) is 23.8. The van der Waals surface area contributed by atoms with Crippen molar-refractivity contribution in [3.8, 4) is 23.8 Å². The zero-order chi connectivity index (χ0) is 25.6. The first-order valence-corrected chi connectivity index (χ1v) is 12.0. The Balaban J connectivity index is 1.64. The molecule has 3 heterocycles. The molecule has 5 rings (SSSR count). The maximum absolute atomic E-state index is 14.0. The van der Waals surface area contributed by atoms with Crippen LogP contribution in [-0.4, -0.2) is 82.5 Å². The fourth-order valence-electron chi connectivity index (χ4n) is 5.61. The van der Waals surface area contributed by atoms with Crippen molar-refractivity contribution in [2.24, 2.45) is 0 Å². The number of H-pyrrole nitrogens is 1. The van der Waals surface area contributed by atoms with E-state index in [1.54, 1.807) is 35.1 Å². The fraction of sp³-hybridized carbons (Fsp3) is 0.357. The molecular weight excluding hydrogens is 456 g/mol. The molecule has 186 valence electrons. The lowest BCUT2D eigenvalue weighted by Gasteiger charge is -2.53. The minimum absolute atomic E-state index is 0.00296. The van der Waals surface area contributed by atoms with Crippen molar-refractivity contribution < 1.29 is 19.4 Å². The lowest BCUT2D eigenvalue weighted by molar-refractivity contribution is -0.167. The van der Waals surface area contributed by atoms with E-state index >= 15 is 0 Å². The molecule has 1 fully saturated rings. The SMILES string of the molecule is C#CCN(C)CCN1CC(=O)N2[C@H](c3cccc(O)c3)c3[nH]c4ccc(OC)cc4c3C[C@@]2(C)C1=O. The van der Waals surface area contributed by atoms with E-state index in [1.165, 1.54) is 0 Å². The summed E-state index contributed by atoms with van der Waals surface area (Å²) in [5, 5.41) is 11.2. The summed E-state index contributed by atoms with van der Waals surface area (Å²) in [5.41, 5.74) is 2.38. The molecule has 2 aromatic carbocycles. The van der Waals surface area contributed by atoms with Crippen molar-refractivity contribution in [2.75, 3.05) is 40.3 Å². The first-order chi connectivity index (χ1) is 17.3. The minimum atomic E-state index is -1.10. The van der Waals surface area contributed by atoms with E-state index in [9.17, 15) is 14.7 Å². The van der Waals surface area contributed by atoms with E-state index in [0.717, 1.165) is 33.5 Å². The molecule has 1 saturated heterocycles. The van der Waals surface area contributed by atoms with E-state index in [1.807, 2.05) is 43.1 Å². The number of amides is 2. The highest BCUT2D eigenvalue weighted by atomic mass is 16.5. The number of benzene rings is 2. The Hall–Kier alpha value is -3.96. The van der Waals surface area contributed by atoms with Crippen molar-refractivity contribution in [3.05, 3.63) is 59.3 Å². The fourth-order valence-corrected chi connectivity index (χ4v) is 5.61. The Morgan fingerprint density at radius 2 is 2.08 bits per heavy atom. The van der Waals surface area contributed by atoms with Crippen LogP contribution in [-0.2, 0) is 16.0 Å². The van der Waals surface area contributed by atoms with Gasteiger partial charge in [0.2, 0.25) is 11.8 Å². The number of fused-ring (bicyclic) bond motifs is 4. The molecule has 8 heteroatoms. The van der Waals surface area contributed by atoms with Gasteiger partial charge in [-0.3, -0.25) is 14.5 Å². The van der Waals surface area contributed by atoms with Crippen molar-refractivity contribution in [2.45, 2.75) is 24.9 Å². The normalized spacial score (nSPS) is 21.5. The summed E-state index contributed by atoms with van der Waals surface area (Å²) in [4.78, 5) is 36.6. The molecule has 0 aliphatic carbocycles. The molecule has 2 atom stereocenters. The molecule has 0 unspecified atom stereocenters. The van der Waals surface area contributed by atoms with Gasteiger partial charge in [0.1, 0.15) is 17.0 Å². The number of piperazine rings is 1. The van der Waals surface area contributed by atoms with Crippen LogP contribution < -0.4 is 4.74 Å². The Kier molecular flexibility index (Phi) is 5.89. The zero-order valence-corrected chi connectivity index (χ0v) is 20.7. The lowest BCUT2D eigenvalue weighted by atomic mass is 9.78. The highest BCUT2D eigenvalue weighted by molar-refractivity contribution is 6.00. The third kappa shape index (κ3) is 3.76. The van der Waals surface area contributed by atoms with Crippen LogP contribution >= 0.6 is 0 Å². The maximum Gasteiger partial charge on any atom is 0.249 e. The Morgan fingerprint density at radius 3 is 2.81 bits per heavy atom. The van der Waals surface area contributed by atoms with Gasteiger partial charge in [0.15, 0.2) is 0 Å². The van der Waals surface area contributed by atoms with Crippen LogP contribution in [0.15, 0.2) is 42.5 Å².